The Kier molecular flexibility index (Phi) is 4.74. The first-order chi connectivity index (χ1) is 6.24. The van der Waals surface area contributed by atoms with Crippen LogP contribution in [0.25, 0.3) is 0 Å². The van der Waals surface area contributed by atoms with Crippen LogP contribution in [0.2, 0.25) is 0 Å². The molecule has 1 aliphatic carbocycles. The number of hydrogen-bond donors (Lipinski definition) is 1. The number of aliphatic hydroxyl groups excluding tert-OH is 1. The fourth-order valence-corrected chi connectivity index (χ4v) is 2.10. The second-order valence-corrected chi connectivity index (χ2v) is 4.24. The predicted molar refractivity (Wildman–Crippen MR) is 53.7 cm³/mol. The quantitative estimate of drug-likeness (QED) is 0.714. The Hall–Kier alpha value is -0.0800. The van der Waals surface area contributed by atoms with E-state index in [1.165, 1.54) is 25.7 Å². The summed E-state index contributed by atoms with van der Waals surface area (Å²) in [6, 6.07) is 0. The first-order valence-corrected chi connectivity index (χ1v) is 5.45. The number of aliphatic hydroxyl groups is 1. The minimum atomic E-state index is -0.0832. The Morgan fingerprint density at radius 1 is 1.31 bits per heavy atom. The van der Waals surface area contributed by atoms with Gasteiger partial charge >= 0.3 is 0 Å². The van der Waals surface area contributed by atoms with Gasteiger partial charge in [-0.15, -0.1) is 0 Å². The Bertz CT molecular complexity index is 130. The SMILES string of the molecule is COC(C)CCC(O)C1CCCC1. The number of methoxy groups -OCH3 is 1. The largest absolute Gasteiger partial charge is 0.393 e. The van der Waals surface area contributed by atoms with Crippen LogP contribution in [0.3, 0.4) is 0 Å². The first-order valence-electron chi connectivity index (χ1n) is 5.45. The predicted octanol–water partition coefficient (Wildman–Crippen LogP) is 2.35. The van der Waals surface area contributed by atoms with Gasteiger partial charge in [0.15, 0.2) is 0 Å². The molecule has 0 aromatic heterocycles. The van der Waals surface area contributed by atoms with E-state index in [0.717, 1.165) is 12.8 Å². The van der Waals surface area contributed by atoms with E-state index in [0.29, 0.717) is 5.92 Å². The van der Waals surface area contributed by atoms with Crippen LogP contribution in [-0.2, 0) is 4.74 Å². The molecule has 0 spiro atoms. The average molecular weight is 186 g/mol. The van der Waals surface area contributed by atoms with E-state index in [1.807, 2.05) is 0 Å². The summed E-state index contributed by atoms with van der Waals surface area (Å²) >= 11 is 0. The van der Waals surface area contributed by atoms with Crippen LogP contribution in [0.5, 0.6) is 0 Å². The third kappa shape index (κ3) is 3.65. The molecule has 0 bridgehead atoms. The zero-order valence-corrected chi connectivity index (χ0v) is 8.83. The maximum absolute atomic E-state index is 9.84. The van der Waals surface area contributed by atoms with E-state index in [4.69, 9.17) is 4.74 Å². The lowest BCUT2D eigenvalue weighted by atomic mass is 9.96. The van der Waals surface area contributed by atoms with Crippen molar-refractivity contribution in [3.63, 3.8) is 0 Å². The highest BCUT2D eigenvalue weighted by Crippen LogP contribution is 2.29. The van der Waals surface area contributed by atoms with Crippen LogP contribution in [0, 0.1) is 5.92 Å². The summed E-state index contributed by atoms with van der Waals surface area (Å²) in [5, 5.41) is 9.84. The molecule has 0 aromatic rings. The molecule has 1 rings (SSSR count). The summed E-state index contributed by atoms with van der Waals surface area (Å²) in [5.41, 5.74) is 0. The van der Waals surface area contributed by atoms with Crippen LogP contribution < -0.4 is 0 Å². The third-order valence-electron chi connectivity index (χ3n) is 3.22. The molecule has 1 aliphatic rings. The third-order valence-corrected chi connectivity index (χ3v) is 3.22. The summed E-state index contributed by atoms with van der Waals surface area (Å²) in [5.74, 6) is 0.573. The zero-order chi connectivity index (χ0) is 9.68. The standard InChI is InChI=1S/C11H22O2/c1-9(13-2)7-8-11(12)10-5-3-4-6-10/h9-12H,3-8H2,1-2H3. The van der Waals surface area contributed by atoms with Crippen LogP contribution in [-0.4, -0.2) is 24.4 Å². The molecule has 0 aliphatic heterocycles. The summed E-state index contributed by atoms with van der Waals surface area (Å²) in [7, 11) is 1.73. The summed E-state index contributed by atoms with van der Waals surface area (Å²) in [6.07, 6.45) is 7.15. The Morgan fingerprint density at radius 2 is 1.92 bits per heavy atom. The molecule has 0 amide bonds. The van der Waals surface area contributed by atoms with Gasteiger partial charge in [-0.2, -0.15) is 0 Å². The lowest BCUT2D eigenvalue weighted by molar-refractivity contribution is 0.0620. The second-order valence-electron chi connectivity index (χ2n) is 4.24. The van der Waals surface area contributed by atoms with Crippen LogP contribution >= 0.6 is 0 Å². The summed E-state index contributed by atoms with van der Waals surface area (Å²) in [6.45, 7) is 2.06. The molecule has 1 N–H and O–H groups in total. The number of rotatable bonds is 5. The van der Waals surface area contributed by atoms with Crippen molar-refractivity contribution in [1.82, 2.24) is 0 Å². The van der Waals surface area contributed by atoms with Crippen molar-refractivity contribution in [2.24, 2.45) is 5.92 Å². The van der Waals surface area contributed by atoms with Gasteiger partial charge in [-0.1, -0.05) is 12.8 Å². The van der Waals surface area contributed by atoms with Gasteiger partial charge in [0.2, 0.25) is 0 Å². The molecule has 0 heterocycles. The molecule has 0 saturated heterocycles. The lowest BCUT2D eigenvalue weighted by Gasteiger charge is -2.19. The molecule has 0 radical (unpaired) electrons. The van der Waals surface area contributed by atoms with Crippen LogP contribution in [0.1, 0.15) is 45.4 Å². The first kappa shape index (κ1) is 11.0. The Balaban J connectivity index is 2.12. The highest BCUT2D eigenvalue weighted by molar-refractivity contribution is 4.75. The van der Waals surface area contributed by atoms with Crippen molar-refractivity contribution in [1.29, 1.82) is 0 Å². The molecular weight excluding hydrogens is 164 g/mol. The van der Waals surface area contributed by atoms with Crippen LogP contribution in [0.15, 0.2) is 0 Å². The number of ether oxygens (including phenoxy) is 1. The minimum Gasteiger partial charge on any atom is -0.393 e. The Labute approximate surface area is 81.3 Å². The summed E-state index contributed by atoms with van der Waals surface area (Å²) in [4.78, 5) is 0. The molecule has 2 heteroatoms. The van der Waals surface area contributed by atoms with E-state index in [-0.39, 0.29) is 12.2 Å². The molecular formula is C11H22O2. The van der Waals surface area contributed by atoms with E-state index < -0.39 is 0 Å². The topological polar surface area (TPSA) is 29.5 Å². The monoisotopic (exact) mass is 186 g/mol. The minimum absolute atomic E-state index is 0.0832. The van der Waals surface area contributed by atoms with Crippen molar-refractivity contribution in [3.05, 3.63) is 0 Å². The molecule has 78 valence electrons. The van der Waals surface area contributed by atoms with Gasteiger partial charge in [0.25, 0.3) is 0 Å². The second kappa shape index (κ2) is 5.61. The maximum atomic E-state index is 9.84. The number of hydrogen-bond acceptors (Lipinski definition) is 2. The van der Waals surface area contributed by atoms with Crippen molar-refractivity contribution >= 4 is 0 Å². The normalized spacial score (nSPS) is 23.3. The van der Waals surface area contributed by atoms with Gasteiger partial charge in [0.1, 0.15) is 0 Å². The molecule has 1 fully saturated rings. The van der Waals surface area contributed by atoms with E-state index >= 15 is 0 Å². The van der Waals surface area contributed by atoms with Gasteiger partial charge in [-0.25, -0.2) is 0 Å². The van der Waals surface area contributed by atoms with Gasteiger partial charge < -0.3 is 9.84 Å². The molecule has 2 atom stereocenters. The van der Waals surface area contributed by atoms with E-state index in [2.05, 4.69) is 6.92 Å². The zero-order valence-electron chi connectivity index (χ0n) is 8.83. The van der Waals surface area contributed by atoms with Gasteiger partial charge in [-0.05, 0) is 38.5 Å². The van der Waals surface area contributed by atoms with E-state index in [1.54, 1.807) is 7.11 Å². The van der Waals surface area contributed by atoms with Crippen molar-refractivity contribution < 1.29 is 9.84 Å². The smallest absolute Gasteiger partial charge is 0.0569 e. The van der Waals surface area contributed by atoms with Crippen molar-refractivity contribution in [3.8, 4) is 0 Å². The average Bonchev–Trinajstić information content (AvgIpc) is 2.66. The molecule has 0 aromatic carbocycles. The molecule has 1 saturated carbocycles. The molecule has 2 unspecified atom stereocenters. The lowest BCUT2D eigenvalue weighted by Crippen LogP contribution is -2.19. The fourth-order valence-electron chi connectivity index (χ4n) is 2.10. The van der Waals surface area contributed by atoms with Gasteiger partial charge in [0.05, 0.1) is 12.2 Å². The van der Waals surface area contributed by atoms with Crippen molar-refractivity contribution in [2.45, 2.75) is 57.7 Å². The molecule has 2 nitrogen and oxygen atoms in total. The maximum Gasteiger partial charge on any atom is 0.0569 e. The highest BCUT2D eigenvalue weighted by atomic mass is 16.5. The van der Waals surface area contributed by atoms with E-state index in [9.17, 15) is 5.11 Å². The van der Waals surface area contributed by atoms with Gasteiger partial charge in [-0.3, -0.25) is 0 Å². The fraction of sp³-hybridized carbons (Fsp3) is 1.00. The summed E-state index contributed by atoms with van der Waals surface area (Å²) < 4.78 is 5.15. The Morgan fingerprint density at radius 3 is 2.46 bits per heavy atom. The molecule has 13 heavy (non-hydrogen) atoms. The van der Waals surface area contributed by atoms with Crippen LogP contribution in [0.4, 0.5) is 0 Å². The van der Waals surface area contributed by atoms with Gasteiger partial charge in [0, 0.05) is 7.11 Å². The van der Waals surface area contributed by atoms with Crippen molar-refractivity contribution in [2.75, 3.05) is 7.11 Å². The highest BCUT2D eigenvalue weighted by Gasteiger charge is 2.23.